The maximum Gasteiger partial charge on any atom is 0.0495 e. The lowest BCUT2D eigenvalue weighted by Gasteiger charge is -2.06. The lowest BCUT2D eigenvalue weighted by molar-refractivity contribution is 0.183. The molecule has 0 aromatic heterocycles. The van der Waals surface area contributed by atoms with Crippen LogP contribution < -0.4 is 0 Å². The normalized spacial score (nSPS) is 21.6. The average molecular weight is 198 g/mol. The van der Waals surface area contributed by atoms with Gasteiger partial charge in [0.05, 0.1) is 0 Å². The molecule has 0 spiro atoms. The van der Waals surface area contributed by atoms with E-state index in [-0.39, 0.29) is 0 Å². The summed E-state index contributed by atoms with van der Waals surface area (Å²) in [5, 5.41) is 0. The molecule has 0 N–H and O–H groups in total. The maximum absolute atomic E-state index is 5.37. The van der Waals surface area contributed by atoms with Gasteiger partial charge in [-0.3, -0.25) is 0 Å². The molecule has 0 aromatic carbocycles. The van der Waals surface area contributed by atoms with E-state index in [0.29, 0.717) is 0 Å². The zero-order chi connectivity index (χ0) is 10.1. The van der Waals surface area contributed by atoms with Gasteiger partial charge in [0.2, 0.25) is 0 Å². The molecule has 1 saturated heterocycles. The van der Waals surface area contributed by atoms with E-state index in [1.165, 1.54) is 57.8 Å². The highest BCUT2D eigenvalue weighted by Crippen LogP contribution is 2.20. The van der Waals surface area contributed by atoms with Gasteiger partial charge in [0.15, 0.2) is 0 Å². The molecule has 1 aliphatic rings. The molecule has 1 heterocycles. The molecule has 1 heteroatoms. The molecule has 0 aliphatic carbocycles. The Morgan fingerprint density at radius 1 is 1.00 bits per heavy atom. The molecule has 0 radical (unpaired) electrons. The van der Waals surface area contributed by atoms with Crippen molar-refractivity contribution in [3.05, 3.63) is 0 Å². The van der Waals surface area contributed by atoms with Crippen LogP contribution >= 0.6 is 0 Å². The fourth-order valence-corrected chi connectivity index (χ4v) is 2.20. The first-order chi connectivity index (χ1) is 6.93. The Balaban J connectivity index is 1.75. The molecule has 1 fully saturated rings. The van der Waals surface area contributed by atoms with Crippen molar-refractivity contribution < 1.29 is 4.74 Å². The number of hydrogen-bond donors (Lipinski definition) is 0. The Hall–Kier alpha value is -0.0400. The van der Waals surface area contributed by atoms with Crippen LogP contribution in [0, 0.1) is 5.92 Å². The third kappa shape index (κ3) is 5.64. The van der Waals surface area contributed by atoms with E-state index in [4.69, 9.17) is 4.74 Å². The largest absolute Gasteiger partial charge is 0.381 e. The molecule has 1 atom stereocenters. The molecule has 0 saturated carbocycles. The minimum Gasteiger partial charge on any atom is -0.381 e. The van der Waals surface area contributed by atoms with Gasteiger partial charge >= 0.3 is 0 Å². The zero-order valence-electron chi connectivity index (χ0n) is 9.76. The SMILES string of the molecule is CCCCCCCCCC1CCOC1. The Labute approximate surface area is 89.2 Å². The van der Waals surface area contributed by atoms with Crippen LogP contribution in [-0.4, -0.2) is 13.2 Å². The van der Waals surface area contributed by atoms with Gasteiger partial charge in [0, 0.05) is 13.2 Å². The van der Waals surface area contributed by atoms with Gasteiger partial charge < -0.3 is 4.74 Å². The second-order valence-corrected chi connectivity index (χ2v) is 4.64. The highest BCUT2D eigenvalue weighted by atomic mass is 16.5. The van der Waals surface area contributed by atoms with Crippen molar-refractivity contribution in [2.45, 2.75) is 64.7 Å². The van der Waals surface area contributed by atoms with Crippen LogP contribution in [0.1, 0.15) is 64.7 Å². The topological polar surface area (TPSA) is 9.23 Å². The van der Waals surface area contributed by atoms with Crippen molar-refractivity contribution in [1.29, 1.82) is 0 Å². The second-order valence-electron chi connectivity index (χ2n) is 4.64. The number of unbranched alkanes of at least 4 members (excludes halogenated alkanes) is 6. The van der Waals surface area contributed by atoms with Gasteiger partial charge in [-0.05, 0) is 18.8 Å². The molecule has 84 valence electrons. The summed E-state index contributed by atoms with van der Waals surface area (Å²) in [6, 6.07) is 0. The van der Waals surface area contributed by atoms with E-state index in [1.54, 1.807) is 0 Å². The van der Waals surface area contributed by atoms with Crippen LogP contribution in [0.25, 0.3) is 0 Å². The fourth-order valence-electron chi connectivity index (χ4n) is 2.20. The molecule has 1 aliphatic heterocycles. The summed E-state index contributed by atoms with van der Waals surface area (Å²) in [6.07, 6.45) is 12.7. The minimum absolute atomic E-state index is 0.894. The molecule has 14 heavy (non-hydrogen) atoms. The number of ether oxygens (including phenoxy) is 1. The van der Waals surface area contributed by atoms with Gasteiger partial charge in [-0.15, -0.1) is 0 Å². The zero-order valence-corrected chi connectivity index (χ0v) is 9.76. The lowest BCUT2D eigenvalue weighted by atomic mass is 10.00. The predicted molar refractivity (Wildman–Crippen MR) is 61.5 cm³/mol. The van der Waals surface area contributed by atoms with Crippen molar-refractivity contribution in [2.24, 2.45) is 5.92 Å². The van der Waals surface area contributed by atoms with E-state index in [1.807, 2.05) is 0 Å². The summed E-state index contributed by atoms with van der Waals surface area (Å²) < 4.78 is 5.37. The summed E-state index contributed by atoms with van der Waals surface area (Å²) in [4.78, 5) is 0. The monoisotopic (exact) mass is 198 g/mol. The van der Waals surface area contributed by atoms with E-state index in [2.05, 4.69) is 6.92 Å². The highest BCUT2D eigenvalue weighted by Gasteiger charge is 2.14. The summed E-state index contributed by atoms with van der Waals surface area (Å²) in [7, 11) is 0. The molecular weight excluding hydrogens is 172 g/mol. The molecule has 0 aromatic rings. The Bertz CT molecular complexity index is 116. The van der Waals surface area contributed by atoms with Crippen LogP contribution in [0.3, 0.4) is 0 Å². The van der Waals surface area contributed by atoms with Crippen molar-refractivity contribution in [2.75, 3.05) is 13.2 Å². The number of rotatable bonds is 8. The molecular formula is C13H26O. The van der Waals surface area contributed by atoms with Crippen molar-refractivity contribution in [1.82, 2.24) is 0 Å². The molecule has 0 bridgehead atoms. The highest BCUT2D eigenvalue weighted by molar-refractivity contribution is 4.63. The van der Waals surface area contributed by atoms with Gasteiger partial charge in [0.25, 0.3) is 0 Å². The summed E-state index contributed by atoms with van der Waals surface area (Å²) in [6.45, 7) is 4.33. The first-order valence-corrected chi connectivity index (χ1v) is 6.51. The minimum atomic E-state index is 0.894. The van der Waals surface area contributed by atoms with Crippen LogP contribution in [-0.2, 0) is 4.74 Å². The average Bonchev–Trinajstić information content (AvgIpc) is 2.69. The third-order valence-corrected chi connectivity index (χ3v) is 3.24. The van der Waals surface area contributed by atoms with Gasteiger partial charge in [-0.2, -0.15) is 0 Å². The summed E-state index contributed by atoms with van der Waals surface area (Å²) in [5.74, 6) is 0.894. The third-order valence-electron chi connectivity index (χ3n) is 3.24. The van der Waals surface area contributed by atoms with Gasteiger partial charge in [-0.25, -0.2) is 0 Å². The number of hydrogen-bond acceptors (Lipinski definition) is 1. The van der Waals surface area contributed by atoms with Crippen LogP contribution in [0.5, 0.6) is 0 Å². The van der Waals surface area contributed by atoms with E-state index in [9.17, 15) is 0 Å². The van der Waals surface area contributed by atoms with Gasteiger partial charge in [-0.1, -0.05) is 51.9 Å². The Morgan fingerprint density at radius 3 is 2.36 bits per heavy atom. The predicted octanol–water partition coefficient (Wildman–Crippen LogP) is 4.16. The quantitative estimate of drug-likeness (QED) is 0.532. The standard InChI is InChI=1S/C13H26O/c1-2-3-4-5-6-7-8-9-13-10-11-14-12-13/h13H,2-12H2,1H3. The van der Waals surface area contributed by atoms with Crippen LogP contribution in [0.4, 0.5) is 0 Å². The fraction of sp³-hybridized carbons (Fsp3) is 1.00. The van der Waals surface area contributed by atoms with Crippen molar-refractivity contribution >= 4 is 0 Å². The molecule has 1 nitrogen and oxygen atoms in total. The second kappa shape index (κ2) is 8.28. The first kappa shape index (κ1) is 12.0. The van der Waals surface area contributed by atoms with Crippen LogP contribution in [0.15, 0.2) is 0 Å². The molecule has 1 rings (SSSR count). The summed E-state index contributed by atoms with van der Waals surface area (Å²) >= 11 is 0. The van der Waals surface area contributed by atoms with Gasteiger partial charge in [0.1, 0.15) is 0 Å². The van der Waals surface area contributed by atoms with Crippen LogP contribution in [0.2, 0.25) is 0 Å². The summed E-state index contributed by atoms with van der Waals surface area (Å²) in [5.41, 5.74) is 0. The van der Waals surface area contributed by atoms with Crippen molar-refractivity contribution in [3.63, 3.8) is 0 Å². The Morgan fingerprint density at radius 2 is 1.71 bits per heavy atom. The van der Waals surface area contributed by atoms with E-state index < -0.39 is 0 Å². The van der Waals surface area contributed by atoms with E-state index >= 15 is 0 Å². The molecule has 0 amide bonds. The Kier molecular flexibility index (Phi) is 7.12. The maximum atomic E-state index is 5.37. The van der Waals surface area contributed by atoms with Crippen molar-refractivity contribution in [3.8, 4) is 0 Å². The first-order valence-electron chi connectivity index (χ1n) is 6.51. The lowest BCUT2D eigenvalue weighted by Crippen LogP contribution is -1.98. The molecule has 1 unspecified atom stereocenters. The van der Waals surface area contributed by atoms with E-state index in [0.717, 1.165) is 19.1 Å². The smallest absolute Gasteiger partial charge is 0.0495 e.